The molecule has 0 saturated carbocycles. The fourth-order valence-electron chi connectivity index (χ4n) is 2.17. The number of hydrogen-bond acceptors (Lipinski definition) is 7. The molecule has 2 heterocycles. The van der Waals surface area contributed by atoms with Crippen LogP contribution in [0.5, 0.6) is 0 Å². The first-order valence-electron chi connectivity index (χ1n) is 8.00. The van der Waals surface area contributed by atoms with Crippen LogP contribution in [0.1, 0.15) is 24.1 Å². The Morgan fingerprint density at radius 1 is 1.22 bits per heavy atom. The Morgan fingerprint density at radius 2 is 1.85 bits per heavy atom. The third kappa shape index (κ3) is 8.01. The van der Waals surface area contributed by atoms with E-state index >= 15 is 0 Å². The van der Waals surface area contributed by atoms with E-state index in [4.69, 9.17) is 20.4 Å². The second-order valence-electron chi connectivity index (χ2n) is 5.84. The molecule has 1 aliphatic heterocycles. The number of carboxylic acids is 3. The molecule has 0 fully saturated rings. The molecule has 0 aliphatic carbocycles. The second-order valence-corrected chi connectivity index (χ2v) is 6.82. The first kappa shape index (κ1) is 22.3. The van der Waals surface area contributed by atoms with Crippen LogP contribution in [0.4, 0.5) is 0 Å². The minimum absolute atomic E-state index is 0.967. The van der Waals surface area contributed by atoms with Gasteiger partial charge in [0.1, 0.15) is 5.84 Å². The van der Waals surface area contributed by atoms with Crippen molar-refractivity contribution < 1.29 is 34.8 Å². The minimum atomic E-state index is -2.74. The summed E-state index contributed by atoms with van der Waals surface area (Å²) in [5.74, 6) is -3.92. The molecule has 1 aromatic rings. The van der Waals surface area contributed by atoms with E-state index < -0.39 is 36.4 Å². The maximum absolute atomic E-state index is 10.3. The number of nitrogens with zero attached hydrogens (tertiary/aromatic N) is 2. The molecule has 0 bridgehead atoms. The Morgan fingerprint density at radius 3 is 2.30 bits per heavy atom. The van der Waals surface area contributed by atoms with Crippen LogP contribution in [0, 0.1) is 0 Å². The Hall–Kier alpha value is -2.72. The number of amidine groups is 1. The van der Waals surface area contributed by atoms with Crippen molar-refractivity contribution in [3.05, 3.63) is 28.5 Å². The summed E-state index contributed by atoms with van der Waals surface area (Å²) >= 11 is 1.75. The van der Waals surface area contributed by atoms with Crippen LogP contribution < -0.4 is 0 Å². The number of rotatable bonds is 7. The maximum atomic E-state index is 10.3. The quantitative estimate of drug-likeness (QED) is 0.536. The van der Waals surface area contributed by atoms with E-state index in [1.165, 1.54) is 11.3 Å². The molecular weight excluding hydrogens is 376 g/mol. The second kappa shape index (κ2) is 10.4. The molecule has 4 N–H and O–H groups in total. The summed E-state index contributed by atoms with van der Waals surface area (Å²) in [6.45, 7) is 2.09. The van der Waals surface area contributed by atoms with Crippen molar-refractivity contribution in [2.24, 2.45) is 4.99 Å². The van der Waals surface area contributed by atoms with Gasteiger partial charge in [0.25, 0.3) is 0 Å². The number of carbonyl (C=O) groups is 3. The molecule has 0 spiro atoms. The summed E-state index contributed by atoms with van der Waals surface area (Å²) in [7, 11) is 2.09. The molecule has 1 aliphatic rings. The van der Waals surface area contributed by atoms with Crippen molar-refractivity contribution in [1.82, 2.24) is 4.90 Å². The lowest BCUT2D eigenvalue weighted by atomic mass is 9.96. The molecule has 0 aromatic carbocycles. The van der Waals surface area contributed by atoms with Crippen molar-refractivity contribution in [2.45, 2.75) is 24.9 Å². The van der Waals surface area contributed by atoms with Crippen LogP contribution in [0.25, 0.3) is 6.08 Å². The average molecular weight is 398 g/mol. The molecule has 0 radical (unpaired) electrons. The van der Waals surface area contributed by atoms with Gasteiger partial charge >= 0.3 is 17.9 Å². The fraction of sp³-hybridized carbons (Fsp3) is 0.412. The van der Waals surface area contributed by atoms with E-state index in [1.807, 2.05) is 0 Å². The van der Waals surface area contributed by atoms with Gasteiger partial charge in [-0.2, -0.15) is 0 Å². The third-order valence-electron chi connectivity index (χ3n) is 3.54. The number of aliphatic imine (C=N–C) groups is 1. The van der Waals surface area contributed by atoms with Crippen molar-refractivity contribution >= 4 is 41.2 Å². The zero-order valence-electron chi connectivity index (χ0n) is 14.7. The molecule has 9 nitrogen and oxygen atoms in total. The molecule has 0 amide bonds. The summed E-state index contributed by atoms with van der Waals surface area (Å²) < 4.78 is 0. The zero-order valence-corrected chi connectivity index (χ0v) is 15.6. The highest BCUT2D eigenvalue weighted by Gasteiger charge is 2.40. The minimum Gasteiger partial charge on any atom is -0.481 e. The van der Waals surface area contributed by atoms with Crippen LogP contribution in [0.3, 0.4) is 0 Å². The molecule has 148 valence electrons. The molecule has 10 heteroatoms. The number of hydrogen-bond donors (Lipinski definition) is 4. The van der Waals surface area contributed by atoms with Crippen LogP contribution in [-0.4, -0.2) is 74.8 Å². The van der Waals surface area contributed by atoms with Crippen LogP contribution in [0.2, 0.25) is 0 Å². The lowest BCUT2D eigenvalue weighted by Gasteiger charge is -2.22. The normalized spacial score (nSPS) is 14.3. The Bertz CT molecular complexity index is 697. The summed E-state index contributed by atoms with van der Waals surface area (Å²) in [5.41, 5.74) is -2.74. The Kier molecular flexibility index (Phi) is 8.63. The lowest BCUT2D eigenvalue weighted by molar-refractivity contribution is -0.170. The number of likely N-dealkylation sites (N-methyl/N-ethyl adjacent to an activating group) is 1. The highest BCUT2D eigenvalue weighted by Crippen LogP contribution is 2.15. The largest absolute Gasteiger partial charge is 0.481 e. The van der Waals surface area contributed by atoms with Gasteiger partial charge in [-0.15, -0.1) is 11.3 Å². The predicted octanol–water partition coefficient (Wildman–Crippen LogP) is 1.25. The van der Waals surface area contributed by atoms with Crippen LogP contribution >= 0.6 is 11.3 Å². The van der Waals surface area contributed by atoms with Gasteiger partial charge in [-0.25, -0.2) is 4.79 Å². The first-order chi connectivity index (χ1) is 12.6. The van der Waals surface area contributed by atoms with E-state index in [0.29, 0.717) is 0 Å². The third-order valence-corrected chi connectivity index (χ3v) is 4.38. The van der Waals surface area contributed by atoms with E-state index in [-0.39, 0.29) is 0 Å². The summed E-state index contributed by atoms with van der Waals surface area (Å²) in [6.07, 6.45) is 3.12. The van der Waals surface area contributed by atoms with Gasteiger partial charge in [-0.3, -0.25) is 14.6 Å². The molecule has 2 rings (SSSR count). The molecular formula is C17H22N2O7S. The lowest BCUT2D eigenvalue weighted by Crippen LogP contribution is -2.42. The van der Waals surface area contributed by atoms with E-state index in [9.17, 15) is 14.4 Å². The zero-order chi connectivity index (χ0) is 20.4. The molecule has 0 atom stereocenters. The Balaban J connectivity index is 0.000000271. The van der Waals surface area contributed by atoms with Crippen molar-refractivity contribution in [1.29, 1.82) is 0 Å². The number of aliphatic carboxylic acids is 3. The number of aliphatic hydroxyl groups is 1. The van der Waals surface area contributed by atoms with Crippen LogP contribution in [-0.2, 0) is 14.4 Å². The monoisotopic (exact) mass is 398 g/mol. The smallest absolute Gasteiger partial charge is 0.336 e. The predicted molar refractivity (Wildman–Crippen MR) is 100.0 cm³/mol. The van der Waals surface area contributed by atoms with E-state index in [2.05, 4.69) is 46.6 Å². The SMILES string of the molecule is CN1CCCN=C1C=Cc1cccs1.O=C(O)CC(O)(CC(=O)O)C(=O)O. The summed E-state index contributed by atoms with van der Waals surface area (Å²) in [4.78, 5) is 38.4. The van der Waals surface area contributed by atoms with Crippen molar-refractivity contribution in [3.63, 3.8) is 0 Å². The van der Waals surface area contributed by atoms with Crippen molar-refractivity contribution in [2.75, 3.05) is 20.1 Å². The van der Waals surface area contributed by atoms with E-state index in [0.717, 1.165) is 18.9 Å². The van der Waals surface area contributed by atoms with Gasteiger partial charge in [0.15, 0.2) is 5.60 Å². The summed E-state index contributed by atoms with van der Waals surface area (Å²) in [5, 5.41) is 35.9. The average Bonchev–Trinajstić information content (AvgIpc) is 3.06. The van der Waals surface area contributed by atoms with Gasteiger partial charge in [-0.1, -0.05) is 6.07 Å². The highest BCUT2D eigenvalue weighted by atomic mass is 32.1. The molecule has 0 unspecified atom stereocenters. The highest BCUT2D eigenvalue weighted by molar-refractivity contribution is 7.10. The van der Waals surface area contributed by atoms with E-state index in [1.54, 1.807) is 11.3 Å². The molecule has 27 heavy (non-hydrogen) atoms. The molecule has 1 aromatic heterocycles. The fourth-order valence-corrected chi connectivity index (χ4v) is 2.79. The first-order valence-corrected chi connectivity index (χ1v) is 8.88. The van der Waals surface area contributed by atoms with Gasteiger partial charge in [0.05, 0.1) is 12.8 Å². The summed E-state index contributed by atoms with van der Waals surface area (Å²) in [6, 6.07) is 4.18. The Labute approximate surface area is 159 Å². The van der Waals surface area contributed by atoms with Gasteiger partial charge < -0.3 is 25.3 Å². The van der Waals surface area contributed by atoms with Gasteiger partial charge in [0, 0.05) is 25.0 Å². The number of carboxylic acid groups (broad SMARTS) is 3. The number of thiophene rings is 1. The molecule has 0 saturated heterocycles. The van der Waals surface area contributed by atoms with Crippen molar-refractivity contribution in [3.8, 4) is 0 Å². The van der Waals surface area contributed by atoms with Gasteiger partial charge in [0.2, 0.25) is 0 Å². The van der Waals surface area contributed by atoms with Gasteiger partial charge in [-0.05, 0) is 30.0 Å². The topological polar surface area (TPSA) is 148 Å². The van der Waals surface area contributed by atoms with Crippen LogP contribution in [0.15, 0.2) is 28.6 Å². The maximum Gasteiger partial charge on any atom is 0.336 e. The standard InChI is InChI=1S/C11H14N2S.C6H8O7/c1-13-8-3-7-12-11(13)6-5-10-4-2-9-14-10;7-3(8)1-6(13,5(11)12)2-4(9)10/h2,4-6,9H,3,7-8H2,1H3;13H,1-2H2,(H,7,8)(H,9,10)(H,11,12).